The van der Waals surface area contributed by atoms with Crippen molar-refractivity contribution < 1.29 is 38.8 Å². The number of aliphatic hydroxyl groups is 2. The van der Waals surface area contributed by atoms with E-state index in [2.05, 4.69) is 6.58 Å². The van der Waals surface area contributed by atoms with Gasteiger partial charge in [0.25, 0.3) is 0 Å². The lowest BCUT2D eigenvalue weighted by Gasteiger charge is -2.41. The summed E-state index contributed by atoms with van der Waals surface area (Å²) in [4.78, 5) is 35.5. The molecule has 0 radical (unpaired) electrons. The number of hydrogen-bond donors (Lipinski definition) is 2. The van der Waals surface area contributed by atoms with Crippen LogP contribution in [0.2, 0.25) is 0 Å². The van der Waals surface area contributed by atoms with E-state index in [1.807, 2.05) is 0 Å². The van der Waals surface area contributed by atoms with E-state index in [1.165, 1.54) is 13.8 Å². The van der Waals surface area contributed by atoms with Crippen molar-refractivity contribution in [1.29, 1.82) is 0 Å². The second-order valence-corrected chi connectivity index (χ2v) is 7.63. The summed E-state index contributed by atoms with van der Waals surface area (Å²) in [5.74, 6) is -3.07. The fourth-order valence-electron chi connectivity index (χ4n) is 4.87. The van der Waals surface area contributed by atoms with Gasteiger partial charge in [-0.2, -0.15) is 0 Å². The minimum Gasteiger partial charge on any atom is -0.461 e. The first-order valence-corrected chi connectivity index (χ1v) is 8.67. The molecule has 3 aliphatic rings. The highest BCUT2D eigenvalue weighted by molar-refractivity contribution is 5.91. The fraction of sp³-hybridized carbons (Fsp3) is 0.722. The molecule has 2 aliphatic carbocycles. The van der Waals surface area contributed by atoms with Crippen LogP contribution in [0.3, 0.4) is 0 Å². The topological polar surface area (TPSA) is 119 Å². The first kappa shape index (κ1) is 18.8. The van der Waals surface area contributed by atoms with Crippen molar-refractivity contribution in [2.45, 2.75) is 64.1 Å². The Bertz CT molecular complexity index is 658. The summed E-state index contributed by atoms with van der Waals surface area (Å²) in [5.41, 5.74) is -0.936. The number of fused-ring (bicyclic) bond motifs is 2. The Hall–Kier alpha value is -1.93. The normalized spacial score (nSPS) is 44.6. The second kappa shape index (κ2) is 6.35. The SMILES string of the molecule is C=C1C(=O)OC2C(OC(C)=O)CC3C(O)CC(O)C3(C)C(OC(C)=O)C12. The van der Waals surface area contributed by atoms with Crippen molar-refractivity contribution in [1.82, 2.24) is 0 Å². The zero-order valence-corrected chi connectivity index (χ0v) is 15.0. The standard InChI is InChI=1S/C18H24O8/c1-7-14-15(26-17(7)23)12(24-8(2)19)5-10-11(21)6-13(22)18(10,4)16(14)25-9(3)20/h10-16,21-22H,1,5-6H2,2-4H3. The van der Waals surface area contributed by atoms with Gasteiger partial charge >= 0.3 is 17.9 Å². The third-order valence-corrected chi connectivity index (χ3v) is 6.11. The highest BCUT2D eigenvalue weighted by atomic mass is 16.6. The lowest BCUT2D eigenvalue weighted by atomic mass is 9.68. The van der Waals surface area contributed by atoms with Crippen molar-refractivity contribution in [3.05, 3.63) is 12.2 Å². The Balaban J connectivity index is 2.13. The average molecular weight is 368 g/mol. The van der Waals surface area contributed by atoms with Crippen molar-refractivity contribution in [2.75, 3.05) is 0 Å². The van der Waals surface area contributed by atoms with Crippen LogP contribution in [-0.2, 0) is 28.6 Å². The summed E-state index contributed by atoms with van der Waals surface area (Å²) < 4.78 is 16.3. The highest BCUT2D eigenvalue weighted by Gasteiger charge is 2.66. The van der Waals surface area contributed by atoms with E-state index in [0.29, 0.717) is 0 Å². The monoisotopic (exact) mass is 368 g/mol. The minimum absolute atomic E-state index is 0.102. The van der Waals surface area contributed by atoms with E-state index in [1.54, 1.807) is 6.92 Å². The van der Waals surface area contributed by atoms with Crippen LogP contribution >= 0.6 is 0 Å². The number of aliphatic hydroxyl groups excluding tert-OH is 2. The summed E-state index contributed by atoms with van der Waals surface area (Å²) in [6, 6.07) is 0. The van der Waals surface area contributed by atoms with Gasteiger partial charge in [0.1, 0.15) is 18.3 Å². The minimum atomic E-state index is -1.04. The van der Waals surface area contributed by atoms with Gasteiger partial charge in [-0.15, -0.1) is 0 Å². The molecule has 0 bridgehead atoms. The van der Waals surface area contributed by atoms with Crippen molar-refractivity contribution in [2.24, 2.45) is 17.3 Å². The summed E-state index contributed by atoms with van der Waals surface area (Å²) in [6.45, 7) is 7.97. The number of ether oxygens (including phenoxy) is 3. The maximum atomic E-state index is 12.1. The molecule has 3 fully saturated rings. The summed E-state index contributed by atoms with van der Waals surface area (Å²) in [7, 11) is 0. The lowest BCUT2D eigenvalue weighted by Crippen LogP contribution is -2.50. The Labute approximate surface area is 151 Å². The van der Waals surface area contributed by atoms with Crippen LogP contribution in [0.1, 0.15) is 33.6 Å². The Kier molecular flexibility index (Phi) is 4.60. The molecule has 144 valence electrons. The van der Waals surface area contributed by atoms with Gasteiger partial charge in [0, 0.05) is 31.3 Å². The Morgan fingerprint density at radius 1 is 1.19 bits per heavy atom. The molecule has 8 unspecified atom stereocenters. The van der Waals surface area contributed by atoms with Crippen LogP contribution in [0.15, 0.2) is 12.2 Å². The fourth-order valence-corrected chi connectivity index (χ4v) is 4.87. The molecule has 8 heteroatoms. The van der Waals surface area contributed by atoms with E-state index in [4.69, 9.17) is 14.2 Å². The Morgan fingerprint density at radius 3 is 2.38 bits per heavy atom. The van der Waals surface area contributed by atoms with Gasteiger partial charge in [-0.3, -0.25) is 9.59 Å². The molecule has 0 aromatic rings. The van der Waals surface area contributed by atoms with Crippen molar-refractivity contribution in [3.63, 3.8) is 0 Å². The number of esters is 3. The molecular weight excluding hydrogens is 344 g/mol. The van der Waals surface area contributed by atoms with Crippen LogP contribution < -0.4 is 0 Å². The van der Waals surface area contributed by atoms with E-state index in [-0.39, 0.29) is 18.4 Å². The zero-order valence-electron chi connectivity index (χ0n) is 15.0. The Morgan fingerprint density at radius 2 is 1.81 bits per heavy atom. The van der Waals surface area contributed by atoms with Crippen LogP contribution in [0, 0.1) is 17.3 Å². The summed E-state index contributed by atoms with van der Waals surface area (Å²) in [5, 5.41) is 21.2. The molecule has 8 atom stereocenters. The van der Waals surface area contributed by atoms with E-state index < -0.39 is 65.7 Å². The maximum absolute atomic E-state index is 12.1. The number of hydrogen-bond acceptors (Lipinski definition) is 8. The van der Waals surface area contributed by atoms with Crippen LogP contribution in [0.4, 0.5) is 0 Å². The van der Waals surface area contributed by atoms with E-state index >= 15 is 0 Å². The van der Waals surface area contributed by atoms with Gasteiger partial charge in [0.2, 0.25) is 0 Å². The third kappa shape index (κ3) is 2.72. The molecule has 2 saturated carbocycles. The first-order chi connectivity index (χ1) is 12.1. The largest absolute Gasteiger partial charge is 0.461 e. The predicted octanol–water partition coefficient (Wildman–Crippen LogP) is 0.0993. The predicted molar refractivity (Wildman–Crippen MR) is 86.5 cm³/mol. The molecule has 1 saturated heterocycles. The number of carbonyl (C=O) groups is 3. The van der Waals surface area contributed by atoms with E-state index in [0.717, 1.165) is 0 Å². The molecule has 26 heavy (non-hydrogen) atoms. The van der Waals surface area contributed by atoms with Crippen LogP contribution in [0.25, 0.3) is 0 Å². The van der Waals surface area contributed by atoms with Gasteiger partial charge in [0.15, 0.2) is 0 Å². The van der Waals surface area contributed by atoms with Gasteiger partial charge in [-0.1, -0.05) is 13.5 Å². The van der Waals surface area contributed by atoms with Crippen LogP contribution in [-0.4, -0.2) is 58.6 Å². The first-order valence-electron chi connectivity index (χ1n) is 8.67. The van der Waals surface area contributed by atoms with Gasteiger partial charge in [-0.05, 0) is 12.3 Å². The van der Waals surface area contributed by atoms with Crippen molar-refractivity contribution in [3.8, 4) is 0 Å². The molecular formula is C18H24O8. The quantitative estimate of drug-likeness (QED) is 0.400. The second-order valence-electron chi connectivity index (χ2n) is 7.63. The molecule has 2 N–H and O–H groups in total. The zero-order chi connectivity index (χ0) is 19.4. The lowest BCUT2D eigenvalue weighted by molar-refractivity contribution is -0.170. The molecule has 1 aliphatic heterocycles. The molecule has 0 aromatic heterocycles. The number of carbonyl (C=O) groups excluding carboxylic acids is 3. The van der Waals surface area contributed by atoms with E-state index in [9.17, 15) is 24.6 Å². The highest BCUT2D eigenvalue weighted by Crippen LogP contribution is 2.56. The molecule has 1 heterocycles. The van der Waals surface area contributed by atoms with Crippen molar-refractivity contribution >= 4 is 17.9 Å². The summed E-state index contributed by atoms with van der Waals surface area (Å²) >= 11 is 0. The van der Waals surface area contributed by atoms with Gasteiger partial charge < -0.3 is 24.4 Å². The van der Waals surface area contributed by atoms with Gasteiger partial charge in [0.05, 0.1) is 18.1 Å². The van der Waals surface area contributed by atoms with Crippen LogP contribution in [0.5, 0.6) is 0 Å². The van der Waals surface area contributed by atoms with Gasteiger partial charge in [-0.25, -0.2) is 4.79 Å². The molecule has 0 spiro atoms. The number of rotatable bonds is 2. The molecule has 3 rings (SSSR count). The molecule has 0 aromatic carbocycles. The molecule has 0 amide bonds. The smallest absolute Gasteiger partial charge is 0.334 e. The third-order valence-electron chi connectivity index (χ3n) is 6.11. The molecule has 8 nitrogen and oxygen atoms in total. The maximum Gasteiger partial charge on any atom is 0.334 e. The summed E-state index contributed by atoms with van der Waals surface area (Å²) in [6.07, 6.45) is -4.21. The average Bonchev–Trinajstić information content (AvgIpc) is 2.89.